The van der Waals surface area contributed by atoms with Crippen molar-refractivity contribution in [2.45, 2.75) is 12.8 Å². The predicted octanol–water partition coefficient (Wildman–Crippen LogP) is 4.31. The van der Waals surface area contributed by atoms with Crippen LogP contribution in [0.5, 0.6) is 0 Å². The Hall–Kier alpha value is -4.27. The fraction of sp³-hybridized carbons (Fsp3) is 0.167. The Morgan fingerprint density at radius 1 is 1.09 bits per heavy atom. The summed E-state index contributed by atoms with van der Waals surface area (Å²) >= 11 is 0. The molecule has 0 unspecified atom stereocenters. The molecule has 33 heavy (non-hydrogen) atoms. The first-order valence-electron chi connectivity index (χ1n) is 10.4. The fourth-order valence-corrected chi connectivity index (χ4v) is 4.04. The molecule has 2 amide bonds. The first kappa shape index (κ1) is 20.6. The van der Waals surface area contributed by atoms with Gasteiger partial charge >= 0.3 is 6.09 Å². The van der Waals surface area contributed by atoms with E-state index in [9.17, 15) is 14.0 Å². The number of benzene rings is 1. The van der Waals surface area contributed by atoms with Gasteiger partial charge in [-0.05, 0) is 49.2 Å². The minimum Gasteiger partial charge on any atom is -0.453 e. The summed E-state index contributed by atoms with van der Waals surface area (Å²) in [5.41, 5.74) is 3.83. The number of carbonyl (C=O) groups excluding carboxylic acids is 2. The van der Waals surface area contributed by atoms with Gasteiger partial charge in [0.15, 0.2) is 0 Å². The third kappa shape index (κ3) is 3.78. The van der Waals surface area contributed by atoms with Gasteiger partial charge in [0.05, 0.1) is 30.3 Å². The minimum absolute atomic E-state index is 0.196. The molecule has 0 spiro atoms. The summed E-state index contributed by atoms with van der Waals surface area (Å²) in [7, 11) is 1.28. The first-order chi connectivity index (χ1) is 16.0. The number of aromatic nitrogens is 3. The van der Waals surface area contributed by atoms with Crippen molar-refractivity contribution in [1.29, 1.82) is 0 Å². The quantitative estimate of drug-likeness (QED) is 0.508. The normalized spacial score (nSPS) is 13.0. The number of imidazole rings is 1. The largest absolute Gasteiger partial charge is 0.453 e. The van der Waals surface area contributed by atoms with Crippen molar-refractivity contribution in [3.63, 3.8) is 0 Å². The standard InChI is InChI=1S/C24H20FN5O3/c1-33-24(32)28-21-9-7-15(12-26-21)20-13-27-22-10-8-16(14-30(20)22)23(31)29-11-3-4-17-18(25)5-2-6-19(17)29/h2,5-10,12-14H,3-4,11H2,1H3,(H,26,28,32). The summed E-state index contributed by atoms with van der Waals surface area (Å²) in [6.45, 7) is 0.530. The number of anilines is 2. The number of fused-ring (bicyclic) bond motifs is 2. The molecule has 1 aliphatic heterocycles. The molecule has 0 saturated carbocycles. The van der Waals surface area contributed by atoms with Crippen molar-refractivity contribution in [3.05, 3.63) is 78.0 Å². The molecule has 4 aromatic rings. The Labute approximate surface area is 188 Å². The number of hydrogen-bond acceptors (Lipinski definition) is 5. The highest BCUT2D eigenvalue weighted by molar-refractivity contribution is 6.06. The lowest BCUT2D eigenvalue weighted by Crippen LogP contribution is -2.36. The maximum absolute atomic E-state index is 14.2. The third-order valence-electron chi connectivity index (χ3n) is 5.67. The monoisotopic (exact) mass is 445 g/mol. The van der Waals surface area contributed by atoms with Crippen molar-refractivity contribution in [2.24, 2.45) is 0 Å². The lowest BCUT2D eigenvalue weighted by atomic mass is 10.0. The van der Waals surface area contributed by atoms with Crippen LogP contribution in [0.25, 0.3) is 16.9 Å². The van der Waals surface area contributed by atoms with Gasteiger partial charge in [0.1, 0.15) is 17.3 Å². The number of nitrogens with one attached hydrogen (secondary N) is 1. The Bertz CT molecular complexity index is 1370. The molecule has 9 heteroatoms. The number of nitrogens with zero attached hydrogens (tertiary/aromatic N) is 4. The Kier molecular flexibility index (Phi) is 5.21. The molecule has 0 aliphatic carbocycles. The van der Waals surface area contributed by atoms with Gasteiger partial charge < -0.3 is 9.64 Å². The Morgan fingerprint density at radius 3 is 2.76 bits per heavy atom. The van der Waals surface area contributed by atoms with Crippen molar-refractivity contribution in [2.75, 3.05) is 23.9 Å². The van der Waals surface area contributed by atoms with Crippen LogP contribution in [0, 0.1) is 5.82 Å². The van der Waals surface area contributed by atoms with Crippen LogP contribution < -0.4 is 10.2 Å². The summed E-state index contributed by atoms with van der Waals surface area (Å²) in [4.78, 5) is 35.0. The van der Waals surface area contributed by atoms with Crippen LogP contribution in [0.3, 0.4) is 0 Å². The number of carbonyl (C=O) groups is 2. The summed E-state index contributed by atoms with van der Waals surface area (Å²) in [5, 5.41) is 2.50. The van der Waals surface area contributed by atoms with Crippen molar-refractivity contribution < 1.29 is 18.7 Å². The predicted molar refractivity (Wildman–Crippen MR) is 121 cm³/mol. The number of halogens is 1. The molecule has 1 aliphatic rings. The van der Waals surface area contributed by atoms with Crippen molar-refractivity contribution >= 4 is 29.2 Å². The van der Waals surface area contributed by atoms with E-state index in [0.29, 0.717) is 47.7 Å². The van der Waals surface area contributed by atoms with E-state index in [-0.39, 0.29) is 11.7 Å². The smallest absolute Gasteiger partial charge is 0.412 e. The first-order valence-corrected chi connectivity index (χ1v) is 10.4. The summed E-state index contributed by atoms with van der Waals surface area (Å²) in [5.74, 6) is -0.125. The summed E-state index contributed by atoms with van der Waals surface area (Å²) in [6, 6.07) is 11.8. The van der Waals surface area contributed by atoms with Gasteiger partial charge in [-0.3, -0.25) is 14.5 Å². The highest BCUT2D eigenvalue weighted by atomic mass is 19.1. The molecule has 5 rings (SSSR count). The molecular weight excluding hydrogens is 425 g/mol. The van der Waals surface area contributed by atoms with Gasteiger partial charge in [0.25, 0.3) is 5.91 Å². The molecular formula is C24H20FN5O3. The average Bonchev–Trinajstić information content (AvgIpc) is 3.27. The van der Waals surface area contributed by atoms with E-state index < -0.39 is 6.09 Å². The topological polar surface area (TPSA) is 88.8 Å². The molecule has 0 bridgehead atoms. The zero-order valence-electron chi connectivity index (χ0n) is 17.8. The van der Waals surface area contributed by atoms with Crippen molar-refractivity contribution in [3.8, 4) is 11.3 Å². The lowest BCUT2D eigenvalue weighted by molar-refractivity contribution is 0.0984. The molecule has 166 valence electrons. The van der Waals surface area contributed by atoms with Crippen LogP contribution in [0.4, 0.5) is 20.7 Å². The third-order valence-corrected chi connectivity index (χ3v) is 5.67. The molecule has 4 heterocycles. The van der Waals surface area contributed by atoms with Crippen LogP contribution >= 0.6 is 0 Å². The van der Waals surface area contributed by atoms with E-state index >= 15 is 0 Å². The maximum atomic E-state index is 14.2. The van der Waals surface area contributed by atoms with Gasteiger partial charge in [0, 0.05) is 30.1 Å². The van der Waals surface area contributed by atoms with E-state index in [1.165, 1.54) is 13.2 Å². The van der Waals surface area contributed by atoms with Gasteiger partial charge in [-0.15, -0.1) is 0 Å². The summed E-state index contributed by atoms with van der Waals surface area (Å²) < 4.78 is 20.6. The zero-order valence-corrected chi connectivity index (χ0v) is 17.8. The van der Waals surface area contributed by atoms with Crippen LogP contribution in [-0.4, -0.2) is 40.0 Å². The van der Waals surface area contributed by atoms with Gasteiger partial charge in [-0.2, -0.15) is 0 Å². The second-order valence-corrected chi connectivity index (χ2v) is 7.64. The molecule has 0 atom stereocenters. The SMILES string of the molecule is COC(=O)Nc1ccc(-c2cnc3ccc(C(=O)N4CCCc5c(F)cccc54)cn23)cn1. The average molecular weight is 445 g/mol. The highest BCUT2D eigenvalue weighted by Crippen LogP contribution is 2.30. The zero-order chi connectivity index (χ0) is 22.9. The highest BCUT2D eigenvalue weighted by Gasteiger charge is 2.26. The molecule has 8 nitrogen and oxygen atoms in total. The minimum atomic E-state index is -0.604. The number of hydrogen-bond donors (Lipinski definition) is 1. The van der Waals surface area contributed by atoms with Gasteiger partial charge in [-0.25, -0.2) is 19.2 Å². The maximum Gasteiger partial charge on any atom is 0.412 e. The molecule has 0 saturated heterocycles. The van der Waals surface area contributed by atoms with Crippen LogP contribution in [0.15, 0.2) is 61.1 Å². The van der Waals surface area contributed by atoms with Gasteiger partial charge in [0.2, 0.25) is 0 Å². The van der Waals surface area contributed by atoms with Crippen LogP contribution in [0.2, 0.25) is 0 Å². The van der Waals surface area contributed by atoms with E-state index in [1.807, 2.05) is 4.40 Å². The molecule has 1 aromatic carbocycles. The second kappa shape index (κ2) is 8.34. The number of methoxy groups -OCH3 is 1. The number of pyridine rings is 2. The van der Waals surface area contributed by atoms with Gasteiger partial charge in [-0.1, -0.05) is 6.07 Å². The number of amides is 2. The number of ether oxygens (including phenoxy) is 1. The molecule has 0 radical (unpaired) electrons. The fourth-order valence-electron chi connectivity index (χ4n) is 4.04. The molecule has 1 N–H and O–H groups in total. The molecule has 0 fully saturated rings. The van der Waals surface area contributed by atoms with E-state index in [0.717, 1.165) is 11.3 Å². The van der Waals surface area contributed by atoms with E-state index in [1.54, 1.807) is 59.9 Å². The molecule has 3 aromatic heterocycles. The van der Waals surface area contributed by atoms with Crippen molar-refractivity contribution in [1.82, 2.24) is 14.4 Å². The van der Waals surface area contributed by atoms with Crippen LogP contribution in [-0.2, 0) is 11.2 Å². The Morgan fingerprint density at radius 2 is 1.97 bits per heavy atom. The van der Waals surface area contributed by atoms with E-state index in [4.69, 9.17) is 0 Å². The number of rotatable bonds is 3. The van der Waals surface area contributed by atoms with Crippen LogP contribution in [0.1, 0.15) is 22.3 Å². The second-order valence-electron chi connectivity index (χ2n) is 7.64. The van der Waals surface area contributed by atoms with E-state index in [2.05, 4.69) is 20.0 Å². The Balaban J connectivity index is 1.48. The summed E-state index contributed by atoms with van der Waals surface area (Å²) in [6.07, 6.45) is 5.74. The lowest BCUT2D eigenvalue weighted by Gasteiger charge is -2.29.